The van der Waals surface area contributed by atoms with Gasteiger partial charge in [0.15, 0.2) is 5.11 Å². The maximum Gasteiger partial charge on any atom is 0.170 e. The van der Waals surface area contributed by atoms with Gasteiger partial charge in [0.2, 0.25) is 0 Å². The number of nitrogens with zero attached hydrogens (tertiary/aromatic N) is 3. The van der Waals surface area contributed by atoms with Gasteiger partial charge in [0, 0.05) is 30.3 Å². The topological polar surface area (TPSA) is 42.3 Å². The number of thiocarbonyl (C=S) groups is 1. The Morgan fingerprint density at radius 3 is 2.48 bits per heavy atom. The molecule has 0 aliphatic carbocycles. The first-order valence-electron chi connectivity index (χ1n) is 10.7. The molecule has 7 heteroatoms. The van der Waals surface area contributed by atoms with Gasteiger partial charge in [-0.3, -0.25) is 4.98 Å². The molecule has 0 radical (unpaired) electrons. The van der Waals surface area contributed by atoms with E-state index in [-0.39, 0.29) is 17.9 Å². The summed E-state index contributed by atoms with van der Waals surface area (Å²) in [6.45, 7) is 0.623. The van der Waals surface area contributed by atoms with Crippen molar-refractivity contribution in [3.63, 3.8) is 0 Å². The van der Waals surface area contributed by atoms with Gasteiger partial charge in [0.1, 0.15) is 11.6 Å². The van der Waals surface area contributed by atoms with Crippen molar-refractivity contribution in [3.8, 4) is 11.4 Å². The van der Waals surface area contributed by atoms with Gasteiger partial charge in [-0.1, -0.05) is 18.2 Å². The molecular weight excluding hydrogens is 435 g/mol. The summed E-state index contributed by atoms with van der Waals surface area (Å²) >= 11 is 5.80. The van der Waals surface area contributed by atoms with E-state index in [1.807, 2.05) is 54.7 Å². The largest absolute Gasteiger partial charge is 0.497 e. The molecule has 166 valence electrons. The highest BCUT2D eigenvalue weighted by atomic mass is 32.1. The van der Waals surface area contributed by atoms with E-state index in [0.717, 1.165) is 28.4 Å². The third-order valence-corrected chi connectivity index (χ3v) is 6.25. The Hall–Kier alpha value is -3.71. The summed E-state index contributed by atoms with van der Waals surface area (Å²) in [7, 11) is 1.66. The molecule has 3 heterocycles. The predicted molar refractivity (Wildman–Crippen MR) is 130 cm³/mol. The molecule has 4 aromatic rings. The smallest absolute Gasteiger partial charge is 0.170 e. The zero-order chi connectivity index (χ0) is 22.8. The third kappa shape index (κ3) is 4.19. The maximum atomic E-state index is 13.6. The van der Waals surface area contributed by atoms with Gasteiger partial charge in [-0.25, -0.2) is 4.39 Å². The Balaban J connectivity index is 1.57. The molecule has 0 spiro atoms. The zero-order valence-electron chi connectivity index (χ0n) is 18.1. The van der Waals surface area contributed by atoms with Crippen molar-refractivity contribution in [2.45, 2.75) is 18.6 Å². The lowest BCUT2D eigenvalue weighted by Gasteiger charge is -2.29. The van der Waals surface area contributed by atoms with Crippen LogP contribution in [-0.4, -0.2) is 26.7 Å². The van der Waals surface area contributed by atoms with Gasteiger partial charge >= 0.3 is 0 Å². The number of halogens is 1. The van der Waals surface area contributed by atoms with Gasteiger partial charge < -0.3 is 19.5 Å². The Labute approximate surface area is 197 Å². The van der Waals surface area contributed by atoms with E-state index < -0.39 is 0 Å². The van der Waals surface area contributed by atoms with Gasteiger partial charge in [-0.05, 0) is 78.4 Å². The minimum Gasteiger partial charge on any atom is -0.497 e. The number of aromatic nitrogens is 2. The number of rotatable bonds is 6. The van der Waals surface area contributed by atoms with Crippen LogP contribution in [0.25, 0.3) is 5.69 Å². The monoisotopic (exact) mass is 458 g/mol. The predicted octanol–water partition coefficient (Wildman–Crippen LogP) is 5.19. The van der Waals surface area contributed by atoms with Crippen LogP contribution in [0.5, 0.6) is 5.75 Å². The Morgan fingerprint density at radius 2 is 1.79 bits per heavy atom. The quantitative estimate of drug-likeness (QED) is 0.403. The first-order valence-corrected chi connectivity index (χ1v) is 11.1. The molecule has 0 unspecified atom stereocenters. The summed E-state index contributed by atoms with van der Waals surface area (Å²) in [5, 5.41) is 4.15. The fourth-order valence-electron chi connectivity index (χ4n) is 4.30. The molecule has 1 saturated heterocycles. The van der Waals surface area contributed by atoms with Crippen LogP contribution in [0.1, 0.15) is 29.0 Å². The summed E-state index contributed by atoms with van der Waals surface area (Å²) in [6.07, 6.45) is 3.78. The van der Waals surface area contributed by atoms with Gasteiger partial charge in [0.05, 0.1) is 24.9 Å². The second kappa shape index (κ2) is 9.03. The number of hydrogen-bond donors (Lipinski definition) is 1. The zero-order valence-corrected chi connectivity index (χ0v) is 18.9. The molecule has 33 heavy (non-hydrogen) atoms. The molecule has 1 aliphatic rings. The van der Waals surface area contributed by atoms with Crippen molar-refractivity contribution in [2.75, 3.05) is 7.11 Å². The molecule has 1 aliphatic heterocycles. The minimum atomic E-state index is -0.260. The SMILES string of the molecule is COc1ccc(CN2C(=S)N[C@@H](c3ccccn3)[C@@H]2c2cccn2-c2ccc(F)cc2)cc1. The van der Waals surface area contributed by atoms with Crippen LogP contribution in [0.4, 0.5) is 4.39 Å². The second-order valence-corrected chi connectivity index (χ2v) is 8.27. The molecular formula is C26H23FN4OS. The van der Waals surface area contributed by atoms with E-state index in [9.17, 15) is 4.39 Å². The molecule has 0 saturated carbocycles. The number of benzene rings is 2. The van der Waals surface area contributed by atoms with Crippen LogP contribution in [0.15, 0.2) is 91.3 Å². The summed E-state index contributed by atoms with van der Waals surface area (Å²) < 4.78 is 20.9. The van der Waals surface area contributed by atoms with Crippen LogP contribution >= 0.6 is 12.2 Å². The van der Waals surface area contributed by atoms with Crippen molar-refractivity contribution in [1.82, 2.24) is 19.8 Å². The lowest BCUT2D eigenvalue weighted by atomic mass is 10.0. The Bertz CT molecular complexity index is 1240. The summed E-state index contributed by atoms with van der Waals surface area (Å²) in [6, 6.07) is 24.2. The highest BCUT2D eigenvalue weighted by molar-refractivity contribution is 7.80. The van der Waals surface area contributed by atoms with Crippen LogP contribution in [-0.2, 0) is 6.54 Å². The molecule has 1 fully saturated rings. The minimum absolute atomic E-state index is 0.116. The van der Waals surface area contributed by atoms with Crippen molar-refractivity contribution in [1.29, 1.82) is 0 Å². The summed E-state index contributed by atoms with van der Waals surface area (Å²) in [4.78, 5) is 6.80. The fourth-order valence-corrected chi connectivity index (χ4v) is 4.60. The molecule has 0 bridgehead atoms. The average molecular weight is 459 g/mol. The first-order chi connectivity index (χ1) is 16.1. The average Bonchev–Trinajstić information content (AvgIpc) is 3.45. The summed E-state index contributed by atoms with van der Waals surface area (Å²) in [5.74, 6) is 0.553. The molecule has 5 rings (SSSR count). The number of methoxy groups -OCH3 is 1. The van der Waals surface area contributed by atoms with E-state index in [1.54, 1.807) is 25.4 Å². The molecule has 2 aromatic heterocycles. The highest BCUT2D eigenvalue weighted by Crippen LogP contribution is 2.40. The molecule has 0 amide bonds. The lowest BCUT2D eigenvalue weighted by Crippen LogP contribution is -2.30. The number of nitrogens with one attached hydrogen (secondary N) is 1. The van der Waals surface area contributed by atoms with Crippen LogP contribution in [0, 0.1) is 5.82 Å². The van der Waals surface area contributed by atoms with Crippen LogP contribution in [0.2, 0.25) is 0 Å². The van der Waals surface area contributed by atoms with E-state index in [1.165, 1.54) is 12.1 Å². The first kappa shape index (κ1) is 21.2. The Kier molecular flexibility index (Phi) is 5.79. The summed E-state index contributed by atoms with van der Waals surface area (Å²) in [5.41, 5.74) is 3.96. The molecule has 2 aromatic carbocycles. The fraction of sp³-hybridized carbons (Fsp3) is 0.154. The number of ether oxygens (including phenoxy) is 1. The van der Waals surface area contributed by atoms with E-state index in [0.29, 0.717) is 11.7 Å². The lowest BCUT2D eigenvalue weighted by molar-refractivity contribution is 0.302. The maximum absolute atomic E-state index is 13.6. The van der Waals surface area contributed by atoms with Crippen molar-refractivity contribution < 1.29 is 9.13 Å². The number of pyridine rings is 1. The highest BCUT2D eigenvalue weighted by Gasteiger charge is 2.41. The van der Waals surface area contributed by atoms with Gasteiger partial charge in [-0.2, -0.15) is 0 Å². The van der Waals surface area contributed by atoms with Crippen LogP contribution in [0.3, 0.4) is 0 Å². The second-order valence-electron chi connectivity index (χ2n) is 7.88. The molecule has 5 nitrogen and oxygen atoms in total. The van der Waals surface area contributed by atoms with Crippen molar-refractivity contribution in [3.05, 3.63) is 114 Å². The van der Waals surface area contributed by atoms with Crippen LogP contribution < -0.4 is 10.1 Å². The normalized spacial score (nSPS) is 17.8. The van der Waals surface area contributed by atoms with Gasteiger partial charge in [0.25, 0.3) is 0 Å². The van der Waals surface area contributed by atoms with E-state index in [4.69, 9.17) is 17.0 Å². The van der Waals surface area contributed by atoms with E-state index >= 15 is 0 Å². The number of hydrogen-bond acceptors (Lipinski definition) is 3. The molecule has 1 N–H and O–H groups in total. The van der Waals surface area contributed by atoms with Crippen molar-refractivity contribution in [2.24, 2.45) is 0 Å². The Morgan fingerprint density at radius 1 is 1.00 bits per heavy atom. The molecule has 2 atom stereocenters. The van der Waals surface area contributed by atoms with Crippen molar-refractivity contribution >= 4 is 17.3 Å². The van der Waals surface area contributed by atoms with Gasteiger partial charge in [-0.15, -0.1) is 0 Å². The van der Waals surface area contributed by atoms with E-state index in [2.05, 4.69) is 25.8 Å². The standard InChI is InChI=1S/C26H23FN4OS/c1-32-21-13-7-18(8-14-21)17-31-25(24(29-26(31)33)22-5-2-3-15-28-22)23-6-4-16-30(23)20-11-9-19(27)10-12-20/h2-16,24-25H,17H2,1H3,(H,29,33)/t24-,25-/m0/s1. The third-order valence-electron chi connectivity index (χ3n) is 5.90.